The van der Waals surface area contributed by atoms with Crippen LogP contribution in [0.5, 0.6) is 0 Å². The third-order valence-corrected chi connectivity index (χ3v) is 9.60. The molecule has 0 aliphatic carbocycles. The molecule has 0 N–H and O–H groups in total. The molecule has 0 aliphatic heterocycles. The Kier molecular flexibility index (Phi) is 6.48. The predicted octanol–water partition coefficient (Wildman–Crippen LogP) is 7.09. The molecule has 0 fully saturated rings. The van der Waals surface area contributed by atoms with Crippen molar-refractivity contribution in [2.75, 3.05) is 0 Å². The molecule has 0 spiro atoms. The maximum absolute atomic E-state index is 14.7. The average molecular weight is 455 g/mol. The van der Waals surface area contributed by atoms with E-state index in [1.54, 1.807) is 30.3 Å². The van der Waals surface area contributed by atoms with Gasteiger partial charge in [0.2, 0.25) is 12.7 Å². The lowest BCUT2D eigenvalue weighted by Crippen LogP contribution is -2.22. The van der Waals surface area contributed by atoms with Crippen LogP contribution in [0.3, 0.4) is 0 Å². The fourth-order valence-corrected chi connectivity index (χ4v) is 7.59. The quantitative estimate of drug-likeness (QED) is 0.305. The molecule has 2 nitrogen and oxygen atoms in total. The molecule has 0 saturated heterocycles. The zero-order valence-electron chi connectivity index (χ0n) is 17.7. The number of hydrogen-bond acceptors (Lipinski definition) is 3. The highest BCUT2D eigenvalue weighted by Gasteiger charge is 2.42. The summed E-state index contributed by atoms with van der Waals surface area (Å²) in [5.74, 6) is 0. The van der Waals surface area contributed by atoms with Gasteiger partial charge in [-0.25, -0.2) is 0 Å². The number of thiocarbonyl (C=S) groups is 1. The molecule has 3 aromatic rings. The maximum Gasteiger partial charge on any atom is 0.231 e. The summed E-state index contributed by atoms with van der Waals surface area (Å²) in [6.07, 6.45) is 0. The van der Waals surface area contributed by atoms with Crippen molar-refractivity contribution < 1.29 is 9.36 Å². The van der Waals surface area contributed by atoms with E-state index in [0.717, 1.165) is 27.8 Å². The monoisotopic (exact) mass is 454 g/mol. The molecule has 30 heavy (non-hydrogen) atoms. The van der Waals surface area contributed by atoms with Crippen molar-refractivity contribution in [1.29, 1.82) is 0 Å². The van der Waals surface area contributed by atoms with E-state index >= 15 is 0 Å². The summed E-state index contributed by atoms with van der Waals surface area (Å²) in [4.78, 5) is 14.0. The SMILES string of the molecule is Cc1cc(C)c(C(=O)P(=O)(C(=S)c2c(C)cccc2Cl)c2ccccc2)c(C)c1C. The van der Waals surface area contributed by atoms with Gasteiger partial charge in [0.1, 0.15) is 0 Å². The van der Waals surface area contributed by atoms with Gasteiger partial charge in [0.05, 0.1) is 4.61 Å². The van der Waals surface area contributed by atoms with E-state index < -0.39 is 12.7 Å². The highest BCUT2D eigenvalue weighted by molar-refractivity contribution is 8.12. The highest BCUT2D eigenvalue weighted by atomic mass is 35.5. The Balaban J connectivity index is 2.34. The first-order valence-corrected chi connectivity index (χ1v) is 12.2. The zero-order valence-corrected chi connectivity index (χ0v) is 20.2. The van der Waals surface area contributed by atoms with Gasteiger partial charge >= 0.3 is 0 Å². The van der Waals surface area contributed by atoms with Crippen molar-refractivity contribution in [1.82, 2.24) is 0 Å². The molecule has 0 aromatic heterocycles. The number of carbonyl (C=O) groups excluding carboxylic acids is 1. The minimum Gasteiger partial charge on any atom is -0.304 e. The minimum absolute atomic E-state index is 0.110. The van der Waals surface area contributed by atoms with Gasteiger partial charge in [0.15, 0.2) is 0 Å². The van der Waals surface area contributed by atoms with E-state index in [1.807, 2.05) is 58.9 Å². The summed E-state index contributed by atoms with van der Waals surface area (Å²) < 4.78 is 14.8. The number of carbonyl (C=O) groups is 1. The Labute approximate surface area is 188 Å². The molecule has 0 heterocycles. The summed E-state index contributed by atoms with van der Waals surface area (Å²) in [6, 6.07) is 16.2. The molecule has 0 amide bonds. The summed E-state index contributed by atoms with van der Waals surface area (Å²) >= 11 is 12.2. The van der Waals surface area contributed by atoms with Gasteiger partial charge in [-0.15, -0.1) is 0 Å². The Morgan fingerprint density at radius 1 is 0.800 bits per heavy atom. The van der Waals surface area contributed by atoms with Crippen LogP contribution in [-0.4, -0.2) is 10.1 Å². The first kappa shape index (κ1) is 22.6. The van der Waals surface area contributed by atoms with Crippen LogP contribution < -0.4 is 5.30 Å². The van der Waals surface area contributed by atoms with Crippen molar-refractivity contribution in [3.63, 3.8) is 0 Å². The molecule has 1 unspecified atom stereocenters. The largest absolute Gasteiger partial charge is 0.304 e. The predicted molar refractivity (Wildman–Crippen MR) is 131 cm³/mol. The first-order chi connectivity index (χ1) is 14.1. The summed E-state index contributed by atoms with van der Waals surface area (Å²) in [7, 11) is -3.83. The number of benzene rings is 3. The third-order valence-electron chi connectivity index (χ3n) is 5.70. The van der Waals surface area contributed by atoms with E-state index in [-0.39, 0.29) is 4.61 Å². The van der Waals surface area contributed by atoms with Gasteiger partial charge in [0.25, 0.3) is 0 Å². The second-order valence-electron chi connectivity index (χ2n) is 7.62. The Morgan fingerprint density at radius 2 is 1.43 bits per heavy atom. The van der Waals surface area contributed by atoms with Crippen LogP contribution in [0, 0.1) is 34.6 Å². The van der Waals surface area contributed by atoms with Gasteiger partial charge in [-0.05, 0) is 68.5 Å². The van der Waals surface area contributed by atoms with Crippen molar-refractivity contribution in [3.8, 4) is 0 Å². The van der Waals surface area contributed by atoms with Crippen LogP contribution in [0.1, 0.15) is 43.7 Å². The standard InChI is InChI=1S/C25H24ClO2PS/c1-15-10-9-13-21(26)23(15)25(30)29(28,20-11-7-6-8-12-20)24(27)22-17(3)14-16(2)18(4)19(22)5/h6-14H,1-5H3. The van der Waals surface area contributed by atoms with Crippen LogP contribution in [-0.2, 0) is 4.57 Å². The molecular formula is C25H24ClO2PS. The molecule has 154 valence electrons. The molecule has 0 radical (unpaired) electrons. The van der Waals surface area contributed by atoms with Crippen molar-refractivity contribution in [3.05, 3.63) is 98.6 Å². The Hall–Kier alpha value is -2.06. The van der Waals surface area contributed by atoms with Crippen LogP contribution in [0.15, 0.2) is 54.6 Å². The first-order valence-electron chi connectivity index (χ1n) is 9.68. The molecule has 3 aromatic carbocycles. The van der Waals surface area contributed by atoms with Gasteiger partial charge in [-0.3, -0.25) is 4.79 Å². The minimum atomic E-state index is -3.83. The lowest BCUT2D eigenvalue weighted by Gasteiger charge is -2.23. The van der Waals surface area contributed by atoms with Crippen LogP contribution in [0.4, 0.5) is 0 Å². The second-order valence-corrected chi connectivity index (χ2v) is 11.3. The molecule has 5 heteroatoms. The van der Waals surface area contributed by atoms with Gasteiger partial charge in [-0.2, -0.15) is 0 Å². The van der Waals surface area contributed by atoms with E-state index in [9.17, 15) is 9.36 Å². The Morgan fingerprint density at radius 3 is 2.03 bits per heavy atom. The van der Waals surface area contributed by atoms with E-state index in [4.69, 9.17) is 23.8 Å². The summed E-state index contributed by atoms with van der Waals surface area (Å²) in [5.41, 5.74) is 5.11. The fourth-order valence-electron chi connectivity index (χ4n) is 3.80. The van der Waals surface area contributed by atoms with Crippen LogP contribution >= 0.6 is 31.0 Å². The van der Waals surface area contributed by atoms with E-state index in [0.29, 0.717) is 21.5 Å². The average Bonchev–Trinajstić information content (AvgIpc) is 2.71. The highest BCUT2D eigenvalue weighted by Crippen LogP contribution is 2.53. The normalized spacial score (nSPS) is 13.0. The van der Waals surface area contributed by atoms with E-state index in [2.05, 4.69) is 0 Å². The summed E-state index contributed by atoms with van der Waals surface area (Å²) in [6.45, 7) is 9.64. The second kappa shape index (κ2) is 8.59. The topological polar surface area (TPSA) is 34.1 Å². The lowest BCUT2D eigenvalue weighted by atomic mass is 9.95. The van der Waals surface area contributed by atoms with E-state index in [1.165, 1.54) is 0 Å². The fraction of sp³-hybridized carbons (Fsp3) is 0.200. The molecule has 1 atom stereocenters. The van der Waals surface area contributed by atoms with Gasteiger partial charge < -0.3 is 4.57 Å². The molecular weight excluding hydrogens is 431 g/mol. The van der Waals surface area contributed by atoms with Gasteiger partial charge in [0, 0.05) is 21.5 Å². The van der Waals surface area contributed by atoms with Gasteiger partial charge in [-0.1, -0.05) is 72.3 Å². The van der Waals surface area contributed by atoms with Crippen LogP contribution in [0.2, 0.25) is 5.02 Å². The molecule has 3 rings (SSSR count). The smallest absolute Gasteiger partial charge is 0.231 e. The van der Waals surface area contributed by atoms with Crippen molar-refractivity contribution in [2.45, 2.75) is 34.6 Å². The summed E-state index contributed by atoms with van der Waals surface area (Å²) in [5, 5.41) is 0.828. The number of aryl methyl sites for hydroxylation is 3. The molecule has 0 saturated carbocycles. The maximum atomic E-state index is 14.7. The third kappa shape index (κ3) is 3.71. The molecule has 0 aliphatic rings. The lowest BCUT2D eigenvalue weighted by molar-refractivity contribution is 0.107. The zero-order chi connectivity index (χ0) is 22.2. The number of halogens is 1. The molecule has 0 bridgehead atoms. The van der Waals surface area contributed by atoms with Crippen LogP contribution in [0.25, 0.3) is 0 Å². The Bertz CT molecular complexity index is 1200. The number of rotatable bonds is 5. The number of hydrogen-bond donors (Lipinski definition) is 0. The van der Waals surface area contributed by atoms with Crippen molar-refractivity contribution in [2.24, 2.45) is 0 Å². The van der Waals surface area contributed by atoms with Crippen molar-refractivity contribution >= 4 is 46.4 Å².